The van der Waals surface area contributed by atoms with Gasteiger partial charge in [-0.2, -0.15) is 0 Å². The monoisotopic (exact) mass is 267 g/mol. The maximum Gasteiger partial charge on any atom is 0.292 e. The van der Waals surface area contributed by atoms with Gasteiger partial charge in [0.05, 0.1) is 4.92 Å². The van der Waals surface area contributed by atoms with Crippen molar-refractivity contribution >= 4 is 23.0 Å². The van der Waals surface area contributed by atoms with E-state index in [1.54, 1.807) is 12.1 Å². The summed E-state index contributed by atoms with van der Waals surface area (Å²) in [4.78, 5) is 12.8. The van der Waals surface area contributed by atoms with E-state index in [1.807, 2.05) is 0 Å². The largest absolute Gasteiger partial charge is 0.365 e. The first-order valence-electron chi connectivity index (χ1n) is 6.05. The summed E-state index contributed by atoms with van der Waals surface area (Å²) in [5.74, 6) is 1.20. The predicted octanol–water partition coefficient (Wildman–Crippen LogP) is 1.90. The lowest BCUT2D eigenvalue weighted by Gasteiger charge is -2.19. The van der Waals surface area contributed by atoms with Crippen molar-refractivity contribution in [3.05, 3.63) is 33.3 Å². The first kappa shape index (κ1) is 11.7. The third-order valence-electron chi connectivity index (χ3n) is 3.86. The van der Waals surface area contributed by atoms with Gasteiger partial charge in [0.25, 0.3) is 5.69 Å². The fourth-order valence-corrected chi connectivity index (χ4v) is 3.12. The van der Waals surface area contributed by atoms with E-state index in [-0.39, 0.29) is 10.6 Å². The molecule has 0 radical (unpaired) electrons. The van der Waals surface area contributed by atoms with Crippen molar-refractivity contribution in [2.75, 3.05) is 31.1 Å². The summed E-state index contributed by atoms with van der Waals surface area (Å²) in [7, 11) is 0. The molecular weight excluding hydrogens is 254 g/mol. The molecule has 0 saturated carbocycles. The third kappa shape index (κ3) is 1.93. The number of hydrogen-bond acceptors (Lipinski definition) is 4. The zero-order valence-corrected chi connectivity index (χ0v) is 10.6. The van der Waals surface area contributed by atoms with Gasteiger partial charge in [-0.15, -0.1) is 0 Å². The Hall–Kier alpha value is -1.33. The van der Waals surface area contributed by atoms with Crippen molar-refractivity contribution in [2.24, 2.45) is 11.8 Å². The molecular formula is C12H14ClN3O2. The van der Waals surface area contributed by atoms with E-state index in [4.69, 9.17) is 11.6 Å². The number of fused-ring (bicyclic) bond motifs is 1. The van der Waals surface area contributed by atoms with Crippen LogP contribution in [-0.4, -0.2) is 31.1 Å². The molecule has 1 N–H and O–H groups in total. The van der Waals surface area contributed by atoms with Crippen LogP contribution in [0.15, 0.2) is 18.2 Å². The van der Waals surface area contributed by atoms with Gasteiger partial charge in [-0.25, -0.2) is 0 Å². The summed E-state index contributed by atoms with van der Waals surface area (Å²) < 4.78 is 0. The number of anilines is 1. The summed E-state index contributed by atoms with van der Waals surface area (Å²) in [6.07, 6.45) is 0. The van der Waals surface area contributed by atoms with Gasteiger partial charge in [0.15, 0.2) is 0 Å². The van der Waals surface area contributed by atoms with Crippen LogP contribution in [0.5, 0.6) is 0 Å². The van der Waals surface area contributed by atoms with E-state index in [9.17, 15) is 10.1 Å². The van der Waals surface area contributed by atoms with Gasteiger partial charge in [-0.1, -0.05) is 11.6 Å². The molecule has 2 atom stereocenters. The van der Waals surface area contributed by atoms with Crippen molar-refractivity contribution < 1.29 is 4.92 Å². The van der Waals surface area contributed by atoms with Crippen LogP contribution in [0, 0.1) is 22.0 Å². The molecule has 2 saturated heterocycles. The first-order chi connectivity index (χ1) is 8.65. The highest BCUT2D eigenvalue weighted by Gasteiger charge is 2.38. The van der Waals surface area contributed by atoms with Crippen molar-refractivity contribution in [3.8, 4) is 0 Å². The molecule has 0 spiro atoms. The van der Waals surface area contributed by atoms with Crippen LogP contribution < -0.4 is 10.2 Å². The summed E-state index contributed by atoms with van der Waals surface area (Å²) in [6, 6.07) is 4.76. The molecule has 0 bridgehead atoms. The summed E-state index contributed by atoms with van der Waals surface area (Å²) in [5, 5.41) is 15.0. The summed E-state index contributed by atoms with van der Waals surface area (Å²) in [5.41, 5.74) is 0.800. The second-order valence-corrected chi connectivity index (χ2v) is 5.41. The molecule has 96 valence electrons. The summed E-state index contributed by atoms with van der Waals surface area (Å²) >= 11 is 5.96. The molecule has 1 aromatic rings. The maximum atomic E-state index is 11.1. The molecule has 2 aliphatic heterocycles. The predicted molar refractivity (Wildman–Crippen MR) is 70.2 cm³/mol. The molecule has 1 aromatic carbocycles. The molecule has 5 nitrogen and oxygen atoms in total. The average Bonchev–Trinajstić information content (AvgIpc) is 2.88. The van der Waals surface area contributed by atoms with Crippen LogP contribution >= 0.6 is 11.6 Å². The molecule has 0 aliphatic carbocycles. The van der Waals surface area contributed by atoms with Crippen LogP contribution in [0.2, 0.25) is 5.02 Å². The molecule has 2 fully saturated rings. The smallest absolute Gasteiger partial charge is 0.292 e. The third-order valence-corrected chi connectivity index (χ3v) is 4.10. The van der Waals surface area contributed by atoms with Gasteiger partial charge in [0.1, 0.15) is 5.69 Å². The molecule has 3 rings (SSSR count). The van der Waals surface area contributed by atoms with E-state index < -0.39 is 0 Å². The number of nitrogens with one attached hydrogen (secondary N) is 1. The van der Waals surface area contributed by atoms with Crippen LogP contribution in [0.3, 0.4) is 0 Å². The second-order valence-electron chi connectivity index (χ2n) is 4.97. The lowest BCUT2D eigenvalue weighted by atomic mass is 10.0. The Morgan fingerprint density at radius 3 is 2.61 bits per heavy atom. The SMILES string of the molecule is O=[N+]([O-])c1ccc(Cl)cc1N1CC2CNCC2C1. The standard InChI is InChI=1S/C12H14ClN3O2/c13-10-1-2-11(16(17)18)12(3-10)15-6-8-4-14-5-9(8)7-15/h1-3,8-9,14H,4-7H2. The lowest BCUT2D eigenvalue weighted by molar-refractivity contribution is -0.384. The zero-order chi connectivity index (χ0) is 12.7. The van der Waals surface area contributed by atoms with Crippen LogP contribution in [0.1, 0.15) is 0 Å². The zero-order valence-electron chi connectivity index (χ0n) is 9.80. The number of nitro groups is 1. The first-order valence-corrected chi connectivity index (χ1v) is 6.42. The highest BCUT2D eigenvalue weighted by atomic mass is 35.5. The average molecular weight is 268 g/mol. The van der Waals surface area contributed by atoms with Crippen LogP contribution in [0.4, 0.5) is 11.4 Å². The lowest BCUT2D eigenvalue weighted by Crippen LogP contribution is -2.26. The number of rotatable bonds is 2. The number of halogens is 1. The van der Waals surface area contributed by atoms with Gasteiger partial charge >= 0.3 is 0 Å². The van der Waals surface area contributed by atoms with Crippen molar-refractivity contribution in [3.63, 3.8) is 0 Å². The Morgan fingerprint density at radius 1 is 1.33 bits per heavy atom. The molecule has 2 heterocycles. The normalized spacial score (nSPS) is 26.4. The van der Waals surface area contributed by atoms with E-state index in [1.165, 1.54) is 6.07 Å². The van der Waals surface area contributed by atoms with E-state index in [0.717, 1.165) is 26.2 Å². The van der Waals surface area contributed by atoms with E-state index in [0.29, 0.717) is 22.5 Å². The Labute approximate surface area is 110 Å². The Balaban J connectivity index is 1.92. The van der Waals surface area contributed by atoms with Gasteiger partial charge in [0, 0.05) is 37.3 Å². The van der Waals surface area contributed by atoms with Gasteiger partial charge in [0.2, 0.25) is 0 Å². The minimum atomic E-state index is -0.335. The minimum Gasteiger partial charge on any atom is -0.365 e. The topological polar surface area (TPSA) is 58.4 Å². The number of nitrogens with zero attached hydrogens (tertiary/aromatic N) is 2. The fraction of sp³-hybridized carbons (Fsp3) is 0.500. The van der Waals surface area contributed by atoms with E-state index in [2.05, 4.69) is 10.2 Å². The fourth-order valence-electron chi connectivity index (χ4n) is 2.96. The molecule has 2 unspecified atom stereocenters. The molecule has 2 aliphatic rings. The van der Waals surface area contributed by atoms with Crippen LogP contribution in [-0.2, 0) is 0 Å². The minimum absolute atomic E-state index is 0.146. The highest BCUT2D eigenvalue weighted by Crippen LogP contribution is 2.37. The summed E-state index contributed by atoms with van der Waals surface area (Å²) in [6.45, 7) is 3.77. The van der Waals surface area contributed by atoms with Crippen molar-refractivity contribution in [1.29, 1.82) is 0 Å². The Bertz CT molecular complexity index is 482. The number of benzene rings is 1. The van der Waals surface area contributed by atoms with Gasteiger partial charge in [-0.05, 0) is 24.0 Å². The number of nitro benzene ring substituents is 1. The van der Waals surface area contributed by atoms with Gasteiger partial charge < -0.3 is 10.2 Å². The maximum absolute atomic E-state index is 11.1. The molecule has 6 heteroatoms. The van der Waals surface area contributed by atoms with Crippen LogP contribution in [0.25, 0.3) is 0 Å². The van der Waals surface area contributed by atoms with Crippen molar-refractivity contribution in [2.45, 2.75) is 0 Å². The molecule has 18 heavy (non-hydrogen) atoms. The second kappa shape index (κ2) is 4.40. The molecule has 0 aromatic heterocycles. The Kier molecular flexibility index (Phi) is 2.87. The number of hydrogen-bond donors (Lipinski definition) is 1. The van der Waals surface area contributed by atoms with E-state index >= 15 is 0 Å². The quantitative estimate of drug-likeness (QED) is 0.657. The Morgan fingerprint density at radius 2 is 2.00 bits per heavy atom. The van der Waals surface area contributed by atoms with Gasteiger partial charge in [-0.3, -0.25) is 10.1 Å². The highest BCUT2D eigenvalue weighted by molar-refractivity contribution is 6.31. The van der Waals surface area contributed by atoms with Crippen molar-refractivity contribution in [1.82, 2.24) is 5.32 Å². The molecule has 0 amide bonds.